The number of pyridine rings is 1. The van der Waals surface area contributed by atoms with Crippen molar-refractivity contribution in [2.75, 3.05) is 26.0 Å². The van der Waals surface area contributed by atoms with Crippen LogP contribution < -0.4 is 5.32 Å². The van der Waals surface area contributed by atoms with E-state index in [1.165, 1.54) is 12.3 Å². The standard InChI is InChI=1S/C11H16F3N3/c1-8(17(2)3)7-16-10-9(11(12,13)14)5-4-6-15-10/h4-6,8H,7H2,1-3H3,(H,15,16). The molecule has 96 valence electrons. The van der Waals surface area contributed by atoms with Gasteiger partial charge in [-0.25, -0.2) is 4.98 Å². The summed E-state index contributed by atoms with van der Waals surface area (Å²) >= 11 is 0. The third kappa shape index (κ3) is 3.89. The Morgan fingerprint density at radius 2 is 2.06 bits per heavy atom. The summed E-state index contributed by atoms with van der Waals surface area (Å²) in [4.78, 5) is 5.65. The summed E-state index contributed by atoms with van der Waals surface area (Å²) in [5.74, 6) is -0.117. The second kappa shape index (κ2) is 5.35. The molecule has 6 heteroatoms. The number of hydrogen-bond donors (Lipinski definition) is 1. The predicted octanol–water partition coefficient (Wildman–Crippen LogP) is 2.46. The van der Waals surface area contributed by atoms with E-state index in [2.05, 4.69) is 10.3 Å². The van der Waals surface area contributed by atoms with Crippen molar-refractivity contribution in [1.29, 1.82) is 0 Å². The molecule has 1 rings (SSSR count). The highest BCUT2D eigenvalue weighted by Crippen LogP contribution is 2.33. The molecule has 0 saturated carbocycles. The Labute approximate surface area is 98.6 Å². The topological polar surface area (TPSA) is 28.2 Å². The van der Waals surface area contributed by atoms with Gasteiger partial charge in [0.1, 0.15) is 5.82 Å². The molecule has 1 aromatic heterocycles. The molecule has 1 unspecified atom stereocenters. The molecule has 0 aromatic carbocycles. The second-order valence-corrected chi connectivity index (χ2v) is 4.09. The van der Waals surface area contributed by atoms with Crippen molar-refractivity contribution in [1.82, 2.24) is 9.88 Å². The molecule has 0 radical (unpaired) electrons. The van der Waals surface area contributed by atoms with E-state index in [0.29, 0.717) is 6.54 Å². The Kier molecular flexibility index (Phi) is 4.34. The molecular weight excluding hydrogens is 231 g/mol. The summed E-state index contributed by atoms with van der Waals surface area (Å²) in [6.45, 7) is 2.33. The minimum absolute atomic E-state index is 0.117. The first-order valence-corrected chi connectivity index (χ1v) is 5.25. The summed E-state index contributed by atoms with van der Waals surface area (Å²) in [7, 11) is 3.74. The average Bonchev–Trinajstić information content (AvgIpc) is 2.24. The number of halogens is 3. The minimum Gasteiger partial charge on any atom is -0.368 e. The van der Waals surface area contributed by atoms with Crippen LogP contribution in [0.1, 0.15) is 12.5 Å². The normalized spacial score (nSPS) is 13.8. The summed E-state index contributed by atoms with van der Waals surface area (Å²) in [6, 6.07) is 2.43. The van der Waals surface area contributed by atoms with Crippen LogP contribution in [0.25, 0.3) is 0 Å². The summed E-state index contributed by atoms with van der Waals surface area (Å²) < 4.78 is 37.9. The Balaban J connectivity index is 2.78. The van der Waals surface area contributed by atoms with Crippen LogP contribution in [0.4, 0.5) is 19.0 Å². The van der Waals surface area contributed by atoms with E-state index in [-0.39, 0.29) is 11.9 Å². The van der Waals surface area contributed by atoms with Crippen molar-refractivity contribution in [3.8, 4) is 0 Å². The van der Waals surface area contributed by atoms with Crippen LogP contribution in [-0.2, 0) is 6.18 Å². The van der Waals surface area contributed by atoms with Gasteiger partial charge in [-0.1, -0.05) is 0 Å². The lowest BCUT2D eigenvalue weighted by Crippen LogP contribution is -2.32. The van der Waals surface area contributed by atoms with Gasteiger partial charge in [-0.15, -0.1) is 0 Å². The third-order valence-corrected chi connectivity index (χ3v) is 2.56. The van der Waals surface area contributed by atoms with Gasteiger partial charge in [-0.05, 0) is 33.2 Å². The zero-order valence-electron chi connectivity index (χ0n) is 10.0. The van der Waals surface area contributed by atoms with Crippen molar-refractivity contribution >= 4 is 5.82 Å². The van der Waals surface area contributed by atoms with Gasteiger partial charge in [0.25, 0.3) is 0 Å². The lowest BCUT2D eigenvalue weighted by molar-refractivity contribution is -0.137. The molecular formula is C11H16F3N3. The lowest BCUT2D eigenvalue weighted by Gasteiger charge is -2.21. The van der Waals surface area contributed by atoms with Crippen LogP contribution in [0.15, 0.2) is 18.3 Å². The fourth-order valence-electron chi connectivity index (χ4n) is 1.20. The molecule has 0 amide bonds. The van der Waals surface area contributed by atoms with E-state index in [4.69, 9.17) is 0 Å². The van der Waals surface area contributed by atoms with E-state index in [1.54, 1.807) is 0 Å². The number of likely N-dealkylation sites (N-methyl/N-ethyl adjacent to an activating group) is 1. The van der Waals surface area contributed by atoms with Gasteiger partial charge in [0.05, 0.1) is 5.56 Å². The molecule has 0 saturated heterocycles. The maximum atomic E-state index is 12.6. The van der Waals surface area contributed by atoms with Gasteiger partial charge in [0, 0.05) is 18.8 Å². The summed E-state index contributed by atoms with van der Waals surface area (Å²) in [6.07, 6.45) is -3.03. The highest BCUT2D eigenvalue weighted by Gasteiger charge is 2.34. The van der Waals surface area contributed by atoms with Crippen molar-refractivity contribution < 1.29 is 13.2 Å². The van der Waals surface area contributed by atoms with Gasteiger partial charge in [0.15, 0.2) is 0 Å². The Bertz CT molecular complexity index is 363. The number of aromatic nitrogens is 1. The molecule has 1 atom stereocenters. The smallest absolute Gasteiger partial charge is 0.368 e. The molecule has 0 bridgehead atoms. The molecule has 3 nitrogen and oxygen atoms in total. The Morgan fingerprint density at radius 1 is 1.41 bits per heavy atom. The number of anilines is 1. The SMILES string of the molecule is CC(CNc1ncccc1C(F)(F)F)N(C)C. The number of rotatable bonds is 4. The van der Waals surface area contributed by atoms with E-state index >= 15 is 0 Å². The molecule has 1 aromatic rings. The van der Waals surface area contributed by atoms with Gasteiger partial charge in [-0.2, -0.15) is 13.2 Å². The molecule has 0 spiro atoms. The first-order valence-electron chi connectivity index (χ1n) is 5.25. The Morgan fingerprint density at radius 3 is 2.59 bits per heavy atom. The molecule has 1 N–H and O–H groups in total. The maximum absolute atomic E-state index is 12.6. The monoisotopic (exact) mass is 247 g/mol. The van der Waals surface area contributed by atoms with E-state index in [0.717, 1.165) is 6.07 Å². The molecule has 17 heavy (non-hydrogen) atoms. The van der Waals surface area contributed by atoms with Crippen LogP contribution in [0.3, 0.4) is 0 Å². The molecule has 1 heterocycles. The van der Waals surface area contributed by atoms with E-state index in [1.807, 2.05) is 25.9 Å². The van der Waals surface area contributed by atoms with Crippen LogP contribution in [0, 0.1) is 0 Å². The number of hydrogen-bond acceptors (Lipinski definition) is 3. The first-order chi connectivity index (χ1) is 7.82. The molecule has 0 aliphatic rings. The second-order valence-electron chi connectivity index (χ2n) is 4.09. The number of nitrogens with zero attached hydrogens (tertiary/aromatic N) is 2. The van der Waals surface area contributed by atoms with Crippen LogP contribution >= 0.6 is 0 Å². The fraction of sp³-hybridized carbons (Fsp3) is 0.545. The quantitative estimate of drug-likeness (QED) is 0.885. The average molecular weight is 247 g/mol. The molecule has 0 fully saturated rings. The van der Waals surface area contributed by atoms with Gasteiger partial charge in [0.2, 0.25) is 0 Å². The highest BCUT2D eigenvalue weighted by molar-refractivity contribution is 5.45. The maximum Gasteiger partial charge on any atom is 0.419 e. The third-order valence-electron chi connectivity index (χ3n) is 2.56. The molecule has 0 aliphatic heterocycles. The van der Waals surface area contributed by atoms with Crippen molar-refractivity contribution in [2.45, 2.75) is 19.1 Å². The zero-order chi connectivity index (χ0) is 13.1. The van der Waals surface area contributed by atoms with E-state index < -0.39 is 11.7 Å². The minimum atomic E-state index is -4.38. The fourth-order valence-corrected chi connectivity index (χ4v) is 1.20. The van der Waals surface area contributed by atoms with Gasteiger partial charge >= 0.3 is 6.18 Å². The van der Waals surface area contributed by atoms with Crippen molar-refractivity contribution in [3.63, 3.8) is 0 Å². The first kappa shape index (κ1) is 13.8. The van der Waals surface area contributed by atoms with Crippen LogP contribution in [-0.4, -0.2) is 36.6 Å². The van der Waals surface area contributed by atoms with E-state index in [9.17, 15) is 13.2 Å². The van der Waals surface area contributed by atoms with Gasteiger partial charge in [-0.3, -0.25) is 0 Å². The Hall–Kier alpha value is -1.30. The van der Waals surface area contributed by atoms with Crippen molar-refractivity contribution in [3.05, 3.63) is 23.9 Å². The largest absolute Gasteiger partial charge is 0.419 e. The zero-order valence-corrected chi connectivity index (χ0v) is 10.0. The van der Waals surface area contributed by atoms with Crippen LogP contribution in [0.2, 0.25) is 0 Å². The lowest BCUT2D eigenvalue weighted by atomic mass is 10.2. The molecule has 0 aliphatic carbocycles. The number of nitrogens with one attached hydrogen (secondary N) is 1. The number of alkyl halides is 3. The van der Waals surface area contributed by atoms with Crippen molar-refractivity contribution in [2.24, 2.45) is 0 Å². The van der Waals surface area contributed by atoms with Crippen LogP contribution in [0.5, 0.6) is 0 Å². The summed E-state index contributed by atoms with van der Waals surface area (Å²) in [5, 5.41) is 2.73. The van der Waals surface area contributed by atoms with Gasteiger partial charge < -0.3 is 10.2 Å². The highest BCUT2D eigenvalue weighted by atomic mass is 19.4. The summed E-state index contributed by atoms with van der Waals surface area (Å²) in [5.41, 5.74) is -0.731. The predicted molar refractivity (Wildman–Crippen MR) is 60.9 cm³/mol.